The molecule has 1 aliphatic heterocycles. The first-order chi connectivity index (χ1) is 10.4. The second-order valence-electron chi connectivity index (χ2n) is 6.50. The fraction of sp³-hybridized carbons (Fsp3) is 0.471. The van der Waals surface area contributed by atoms with Crippen molar-refractivity contribution in [1.29, 1.82) is 0 Å². The molecule has 1 aliphatic rings. The van der Waals surface area contributed by atoms with Crippen LogP contribution in [0.5, 0.6) is 5.75 Å². The Morgan fingerprint density at radius 1 is 1.32 bits per heavy atom. The van der Waals surface area contributed by atoms with Gasteiger partial charge in [0.05, 0.1) is 17.8 Å². The predicted molar refractivity (Wildman–Crippen MR) is 84.6 cm³/mol. The summed E-state index contributed by atoms with van der Waals surface area (Å²) in [6, 6.07) is 8.14. The van der Waals surface area contributed by atoms with Gasteiger partial charge in [-0.2, -0.15) is 5.10 Å². The first-order valence-electron chi connectivity index (χ1n) is 7.59. The Labute approximate surface area is 131 Å². The van der Waals surface area contributed by atoms with E-state index >= 15 is 0 Å². The largest absolute Gasteiger partial charge is 0.492 e. The normalized spacial score (nSPS) is 20.9. The molecule has 1 N–H and O–H groups in total. The number of benzene rings is 1. The lowest BCUT2D eigenvalue weighted by Crippen LogP contribution is -2.15. The SMILES string of the molecule is Cn1cc(CN2CC2COc2ccc(C(C)(C)O)cc2)cn1. The number of hydrogen-bond acceptors (Lipinski definition) is 4. The van der Waals surface area contributed by atoms with Gasteiger partial charge in [-0.1, -0.05) is 12.1 Å². The summed E-state index contributed by atoms with van der Waals surface area (Å²) in [6.45, 7) is 6.25. The average molecular weight is 301 g/mol. The third-order valence-electron chi connectivity index (χ3n) is 3.98. The summed E-state index contributed by atoms with van der Waals surface area (Å²) in [4.78, 5) is 2.36. The van der Waals surface area contributed by atoms with Crippen molar-refractivity contribution >= 4 is 0 Å². The highest BCUT2D eigenvalue weighted by atomic mass is 16.5. The topological polar surface area (TPSA) is 50.3 Å². The fourth-order valence-electron chi connectivity index (χ4n) is 2.51. The van der Waals surface area contributed by atoms with E-state index in [2.05, 4.69) is 10.00 Å². The maximum atomic E-state index is 9.93. The summed E-state index contributed by atoms with van der Waals surface area (Å²) < 4.78 is 7.65. The number of nitrogens with zero attached hydrogens (tertiary/aromatic N) is 3. The van der Waals surface area contributed by atoms with E-state index in [4.69, 9.17) is 4.74 Å². The summed E-state index contributed by atoms with van der Waals surface area (Å²) in [5.74, 6) is 0.848. The first-order valence-corrected chi connectivity index (χ1v) is 7.59. The van der Waals surface area contributed by atoms with Crippen molar-refractivity contribution in [2.24, 2.45) is 7.05 Å². The van der Waals surface area contributed by atoms with Crippen molar-refractivity contribution in [3.8, 4) is 5.75 Å². The Morgan fingerprint density at radius 2 is 2.05 bits per heavy atom. The Balaban J connectivity index is 1.46. The van der Waals surface area contributed by atoms with Gasteiger partial charge in [0.1, 0.15) is 12.4 Å². The summed E-state index contributed by atoms with van der Waals surface area (Å²) in [5, 5.41) is 14.1. The molecule has 1 aromatic carbocycles. The van der Waals surface area contributed by atoms with Crippen molar-refractivity contribution in [2.75, 3.05) is 13.2 Å². The number of rotatable bonds is 6. The Hall–Kier alpha value is -1.85. The molecule has 22 heavy (non-hydrogen) atoms. The minimum atomic E-state index is -0.810. The lowest BCUT2D eigenvalue weighted by Gasteiger charge is -2.18. The number of aryl methyl sites for hydroxylation is 1. The maximum absolute atomic E-state index is 9.93. The van der Waals surface area contributed by atoms with Crippen molar-refractivity contribution in [2.45, 2.75) is 32.0 Å². The van der Waals surface area contributed by atoms with Gasteiger partial charge in [0.15, 0.2) is 0 Å². The molecule has 2 heterocycles. The lowest BCUT2D eigenvalue weighted by molar-refractivity contribution is 0.0785. The number of ether oxygens (including phenoxy) is 1. The molecular formula is C17H23N3O2. The van der Waals surface area contributed by atoms with E-state index in [1.807, 2.05) is 48.4 Å². The molecule has 5 heteroatoms. The molecule has 1 saturated heterocycles. The molecule has 0 bridgehead atoms. The van der Waals surface area contributed by atoms with Gasteiger partial charge < -0.3 is 9.84 Å². The van der Waals surface area contributed by atoms with Crippen molar-refractivity contribution in [3.63, 3.8) is 0 Å². The molecule has 2 unspecified atom stereocenters. The van der Waals surface area contributed by atoms with Gasteiger partial charge in [-0.3, -0.25) is 9.58 Å². The quantitative estimate of drug-likeness (QED) is 0.828. The molecule has 5 nitrogen and oxygen atoms in total. The van der Waals surface area contributed by atoms with Gasteiger partial charge in [-0.25, -0.2) is 0 Å². The Kier molecular flexibility index (Phi) is 3.93. The maximum Gasteiger partial charge on any atom is 0.119 e. The second-order valence-corrected chi connectivity index (χ2v) is 6.50. The summed E-state index contributed by atoms with van der Waals surface area (Å²) in [6.07, 6.45) is 3.96. The predicted octanol–water partition coefficient (Wildman–Crippen LogP) is 1.91. The van der Waals surface area contributed by atoms with E-state index in [9.17, 15) is 5.11 Å². The average Bonchev–Trinajstić information content (AvgIpc) is 3.07. The van der Waals surface area contributed by atoms with Crippen LogP contribution in [0.15, 0.2) is 36.7 Å². The zero-order valence-corrected chi connectivity index (χ0v) is 13.4. The number of hydrogen-bond donors (Lipinski definition) is 1. The standard InChI is InChI=1S/C17H23N3O2/c1-17(2,21)14-4-6-16(7-5-14)22-12-15-11-20(15)10-13-8-18-19(3)9-13/h4-9,15,21H,10-12H2,1-3H3. The molecule has 0 spiro atoms. The van der Waals surface area contributed by atoms with Crippen LogP contribution in [0.25, 0.3) is 0 Å². The molecular weight excluding hydrogens is 278 g/mol. The van der Waals surface area contributed by atoms with Crippen LogP contribution in [0.2, 0.25) is 0 Å². The number of aromatic nitrogens is 2. The zero-order chi connectivity index (χ0) is 15.7. The minimum absolute atomic E-state index is 0.481. The Bertz CT molecular complexity index is 628. The van der Waals surface area contributed by atoms with Crippen LogP contribution in [-0.4, -0.2) is 39.0 Å². The van der Waals surface area contributed by atoms with Gasteiger partial charge in [-0.15, -0.1) is 0 Å². The van der Waals surface area contributed by atoms with Crippen molar-refractivity contribution in [1.82, 2.24) is 14.7 Å². The number of aliphatic hydroxyl groups is 1. The summed E-state index contributed by atoms with van der Waals surface area (Å²) >= 11 is 0. The van der Waals surface area contributed by atoms with Crippen LogP contribution in [0, 0.1) is 0 Å². The van der Waals surface area contributed by atoms with E-state index in [-0.39, 0.29) is 0 Å². The molecule has 0 amide bonds. The molecule has 118 valence electrons. The second kappa shape index (κ2) is 5.74. The fourth-order valence-corrected chi connectivity index (χ4v) is 2.51. The highest BCUT2D eigenvalue weighted by molar-refractivity contribution is 5.30. The van der Waals surface area contributed by atoms with Crippen LogP contribution in [0.1, 0.15) is 25.0 Å². The van der Waals surface area contributed by atoms with Crippen LogP contribution < -0.4 is 4.74 Å². The van der Waals surface area contributed by atoms with Gasteiger partial charge in [0.2, 0.25) is 0 Å². The van der Waals surface area contributed by atoms with Crippen LogP contribution >= 0.6 is 0 Å². The van der Waals surface area contributed by atoms with Crippen LogP contribution in [0.3, 0.4) is 0 Å². The van der Waals surface area contributed by atoms with E-state index in [0.717, 1.165) is 24.4 Å². The smallest absolute Gasteiger partial charge is 0.119 e. The Morgan fingerprint density at radius 3 is 2.64 bits per heavy atom. The first kappa shape index (κ1) is 15.1. The van der Waals surface area contributed by atoms with E-state index in [1.54, 1.807) is 13.8 Å². The lowest BCUT2D eigenvalue weighted by atomic mass is 9.99. The van der Waals surface area contributed by atoms with Crippen LogP contribution in [0.4, 0.5) is 0 Å². The van der Waals surface area contributed by atoms with Crippen LogP contribution in [-0.2, 0) is 19.2 Å². The molecule has 0 saturated carbocycles. The van der Waals surface area contributed by atoms with Gasteiger partial charge in [0.25, 0.3) is 0 Å². The molecule has 0 radical (unpaired) electrons. The molecule has 2 aromatic rings. The highest BCUT2D eigenvalue weighted by Crippen LogP contribution is 2.24. The van der Waals surface area contributed by atoms with Crippen molar-refractivity contribution in [3.05, 3.63) is 47.8 Å². The van der Waals surface area contributed by atoms with Crippen molar-refractivity contribution < 1.29 is 9.84 Å². The molecule has 2 atom stereocenters. The highest BCUT2D eigenvalue weighted by Gasteiger charge is 2.34. The third-order valence-corrected chi connectivity index (χ3v) is 3.98. The van der Waals surface area contributed by atoms with E-state index in [0.29, 0.717) is 12.6 Å². The van der Waals surface area contributed by atoms with Gasteiger partial charge in [-0.05, 0) is 31.5 Å². The molecule has 1 fully saturated rings. The van der Waals surface area contributed by atoms with Gasteiger partial charge in [0, 0.05) is 31.9 Å². The monoisotopic (exact) mass is 301 g/mol. The summed E-state index contributed by atoms with van der Waals surface area (Å²) in [5.41, 5.74) is 1.32. The van der Waals surface area contributed by atoms with E-state index < -0.39 is 5.60 Å². The molecule has 1 aromatic heterocycles. The summed E-state index contributed by atoms with van der Waals surface area (Å²) in [7, 11) is 1.93. The van der Waals surface area contributed by atoms with Gasteiger partial charge >= 0.3 is 0 Å². The molecule has 3 rings (SSSR count). The van der Waals surface area contributed by atoms with E-state index in [1.165, 1.54) is 5.56 Å². The zero-order valence-electron chi connectivity index (χ0n) is 13.4. The minimum Gasteiger partial charge on any atom is -0.492 e. The third kappa shape index (κ3) is 3.67. The molecule has 0 aliphatic carbocycles.